The van der Waals surface area contributed by atoms with Crippen LogP contribution < -0.4 is 10.5 Å². The van der Waals surface area contributed by atoms with Crippen molar-refractivity contribution in [2.45, 2.75) is 39.6 Å². The molecule has 2 N–H and O–H groups in total. The Morgan fingerprint density at radius 1 is 1.04 bits per heavy atom. The smallest absolute Gasteiger partial charge is 0.497 e. The molecule has 0 saturated carbocycles. The number of carbonyl (C=O) groups is 2. The van der Waals surface area contributed by atoms with Crippen molar-refractivity contribution < 1.29 is 41.7 Å². The average Bonchev–Trinajstić information content (AvgIpc) is 3.02. The van der Waals surface area contributed by atoms with Gasteiger partial charge >= 0.3 is 18.3 Å². The lowest BCUT2D eigenvalue weighted by Crippen LogP contribution is -2.33. The Morgan fingerprint density at radius 3 is 2.40 bits per heavy atom. The lowest BCUT2D eigenvalue weighted by molar-refractivity contribution is -0.157. The van der Waals surface area contributed by atoms with Gasteiger partial charge in [-0.2, -0.15) is 18.4 Å². The van der Waals surface area contributed by atoms with E-state index >= 15 is 0 Å². The van der Waals surface area contributed by atoms with Crippen molar-refractivity contribution in [2.24, 2.45) is 21.4 Å². The summed E-state index contributed by atoms with van der Waals surface area (Å²) in [6.45, 7) is 4.04. The molecule has 236 valence electrons. The summed E-state index contributed by atoms with van der Waals surface area (Å²) in [4.78, 5) is 28.7. The molecule has 3 aromatic rings. The molecule has 3 rings (SSSR count). The van der Waals surface area contributed by atoms with Crippen LogP contribution in [0.3, 0.4) is 0 Å². The zero-order valence-corrected chi connectivity index (χ0v) is 24.8. The third-order valence-corrected chi connectivity index (χ3v) is 6.16. The number of nitriles is 1. The number of esters is 1. The Morgan fingerprint density at radius 2 is 1.76 bits per heavy atom. The highest BCUT2D eigenvalue weighted by atomic mass is 19.4. The van der Waals surface area contributed by atoms with Crippen LogP contribution in [-0.2, 0) is 31.8 Å². The van der Waals surface area contributed by atoms with Gasteiger partial charge in [0.15, 0.2) is 5.71 Å². The number of hydrogen-bond acceptors (Lipinski definition) is 11. The fourth-order valence-corrected chi connectivity index (χ4v) is 3.66. The van der Waals surface area contributed by atoms with E-state index in [0.717, 1.165) is 23.9 Å². The number of methoxy groups -OCH3 is 1. The molecule has 0 radical (unpaired) electrons. The predicted molar refractivity (Wildman–Crippen MR) is 157 cm³/mol. The second-order valence-electron chi connectivity index (χ2n) is 10.2. The molecular formula is C31H30F3N5O6. The summed E-state index contributed by atoms with van der Waals surface area (Å²) in [7, 11) is 1.35. The first-order valence-electron chi connectivity index (χ1n) is 13.3. The monoisotopic (exact) mass is 625 g/mol. The van der Waals surface area contributed by atoms with Crippen molar-refractivity contribution in [3.63, 3.8) is 0 Å². The molecule has 45 heavy (non-hydrogen) atoms. The van der Waals surface area contributed by atoms with E-state index in [1.165, 1.54) is 46.1 Å². The highest BCUT2D eigenvalue weighted by Gasteiger charge is 2.32. The topological polar surface area (TPSA) is 158 Å². The molecule has 0 amide bonds. The molecule has 2 aromatic carbocycles. The van der Waals surface area contributed by atoms with Crippen LogP contribution in [0.5, 0.6) is 5.75 Å². The highest BCUT2D eigenvalue weighted by Crippen LogP contribution is 2.33. The van der Waals surface area contributed by atoms with Gasteiger partial charge in [-0.15, -0.1) is 10.2 Å². The summed E-state index contributed by atoms with van der Waals surface area (Å²) in [6.07, 6.45) is -4.73. The number of alkyl halides is 3. The number of pyridine rings is 1. The number of halogens is 3. The fourth-order valence-electron chi connectivity index (χ4n) is 3.66. The van der Waals surface area contributed by atoms with Gasteiger partial charge in [0.1, 0.15) is 25.0 Å². The summed E-state index contributed by atoms with van der Waals surface area (Å²) in [5.41, 5.74) is 5.16. The maximum Gasteiger partial charge on any atom is 0.515 e. The number of carbonyl (C=O) groups excluding carboxylic acids is 2. The fraction of sp³-hybridized carbons (Fsp3) is 0.290. The molecule has 1 heterocycles. The van der Waals surface area contributed by atoms with Gasteiger partial charge in [-0.25, -0.2) is 4.79 Å². The largest absolute Gasteiger partial charge is 0.515 e. The Balaban J connectivity index is 1.67. The summed E-state index contributed by atoms with van der Waals surface area (Å²) < 4.78 is 60.2. The molecule has 14 heteroatoms. The Bertz CT molecular complexity index is 1620. The molecule has 0 saturated heterocycles. The van der Waals surface area contributed by atoms with E-state index < -0.39 is 35.3 Å². The first kappa shape index (κ1) is 34.2. The third kappa shape index (κ3) is 9.87. The van der Waals surface area contributed by atoms with Crippen molar-refractivity contribution in [3.05, 3.63) is 83.6 Å². The molecule has 0 aliphatic carbocycles. The highest BCUT2D eigenvalue weighted by molar-refractivity contribution is 6.03. The third-order valence-electron chi connectivity index (χ3n) is 6.16. The maximum atomic E-state index is 13.2. The van der Waals surface area contributed by atoms with Crippen LogP contribution in [-0.4, -0.2) is 42.4 Å². The maximum absolute atomic E-state index is 13.2. The number of nitrogens with two attached hydrogens (primary N) is 1. The summed E-state index contributed by atoms with van der Waals surface area (Å²) in [5.74, 6) is -0.651. The van der Waals surface area contributed by atoms with E-state index in [2.05, 4.69) is 15.2 Å². The van der Waals surface area contributed by atoms with Crippen molar-refractivity contribution in [3.8, 4) is 23.1 Å². The molecule has 1 unspecified atom stereocenters. The summed E-state index contributed by atoms with van der Waals surface area (Å²) >= 11 is 0. The first-order valence-corrected chi connectivity index (χ1v) is 13.3. The van der Waals surface area contributed by atoms with Crippen molar-refractivity contribution in [1.29, 1.82) is 5.26 Å². The van der Waals surface area contributed by atoms with Crippen LogP contribution in [0.25, 0.3) is 11.3 Å². The number of ether oxygens (including phenoxy) is 4. The second-order valence-corrected chi connectivity index (χ2v) is 10.2. The summed E-state index contributed by atoms with van der Waals surface area (Å²) in [6, 6.07) is 15.8. The normalized spacial score (nSPS) is 13.0. The quantitative estimate of drug-likeness (QED) is 0.123. The van der Waals surface area contributed by atoms with Gasteiger partial charge in [-0.1, -0.05) is 30.3 Å². The molecule has 11 nitrogen and oxygen atoms in total. The SMILES string of the molecule is COc1cc(-c2cc(C(F)(F)F)ccn2)cc(C(N)/C(C#N)=N/N=C(\C)OC(=O)OCC(C)(C)C(=O)OCc2ccccc2)c1. The van der Waals surface area contributed by atoms with Gasteiger partial charge in [0.05, 0.1) is 29.8 Å². The van der Waals surface area contributed by atoms with E-state index in [1.54, 1.807) is 18.2 Å². The van der Waals surface area contributed by atoms with E-state index in [1.807, 2.05) is 18.2 Å². The van der Waals surface area contributed by atoms with E-state index in [0.29, 0.717) is 0 Å². The van der Waals surface area contributed by atoms with E-state index in [4.69, 9.17) is 24.7 Å². The summed E-state index contributed by atoms with van der Waals surface area (Å²) in [5, 5.41) is 17.1. The zero-order chi connectivity index (χ0) is 33.2. The minimum atomic E-state index is -4.58. The van der Waals surface area contributed by atoms with Crippen LogP contribution >= 0.6 is 0 Å². The molecule has 0 spiro atoms. The molecular weight excluding hydrogens is 595 g/mol. The minimum Gasteiger partial charge on any atom is -0.497 e. The van der Waals surface area contributed by atoms with Gasteiger partial charge in [0.2, 0.25) is 5.90 Å². The van der Waals surface area contributed by atoms with Gasteiger partial charge in [0.25, 0.3) is 0 Å². The van der Waals surface area contributed by atoms with Crippen LogP contribution in [0.15, 0.2) is 77.1 Å². The standard InChI is InChI=1S/C31H30F3N5O6/c1-19(45-29(41)44-18-30(2,3)28(40)43-17-20-8-6-5-7-9-20)38-39-26(16-35)27(36)22-12-21(13-24(14-22)42-4)25-15-23(10-11-37-25)31(32,33)34/h5-15,27H,17-18,36H2,1-4H3/b38-19+,39-26+. The zero-order valence-electron chi connectivity index (χ0n) is 24.8. The van der Waals surface area contributed by atoms with Gasteiger partial charge < -0.3 is 24.7 Å². The molecule has 1 aromatic heterocycles. The van der Waals surface area contributed by atoms with Crippen LogP contribution in [0.1, 0.15) is 43.5 Å². The van der Waals surface area contributed by atoms with Crippen LogP contribution in [0.2, 0.25) is 0 Å². The number of aromatic nitrogens is 1. The number of hydrogen-bond donors (Lipinski definition) is 1. The molecule has 0 fully saturated rings. The minimum absolute atomic E-state index is 0.000957. The molecule has 0 aliphatic rings. The molecule has 1 atom stereocenters. The molecule has 0 aliphatic heterocycles. The Hall–Kier alpha value is -5.29. The Kier molecular flexibility index (Phi) is 11.4. The van der Waals surface area contributed by atoms with Gasteiger partial charge in [-0.3, -0.25) is 9.78 Å². The van der Waals surface area contributed by atoms with E-state index in [-0.39, 0.29) is 47.4 Å². The number of nitrogens with zero attached hydrogens (tertiary/aromatic N) is 4. The van der Waals surface area contributed by atoms with Crippen LogP contribution in [0, 0.1) is 16.7 Å². The first-order chi connectivity index (χ1) is 21.2. The van der Waals surface area contributed by atoms with E-state index in [9.17, 15) is 28.0 Å². The lowest BCUT2D eigenvalue weighted by atomic mass is 9.95. The van der Waals surface area contributed by atoms with Gasteiger partial charge in [0, 0.05) is 18.7 Å². The molecule has 0 bridgehead atoms. The average molecular weight is 626 g/mol. The number of rotatable bonds is 10. The number of benzene rings is 2. The predicted octanol–water partition coefficient (Wildman–Crippen LogP) is 6.00. The second kappa shape index (κ2) is 14.9. The Labute approximate surface area is 257 Å². The van der Waals surface area contributed by atoms with Gasteiger partial charge in [-0.05, 0) is 55.3 Å². The van der Waals surface area contributed by atoms with Crippen molar-refractivity contribution in [1.82, 2.24) is 4.98 Å². The van der Waals surface area contributed by atoms with Crippen molar-refractivity contribution >= 4 is 23.7 Å². The van der Waals surface area contributed by atoms with Crippen LogP contribution in [0.4, 0.5) is 18.0 Å². The van der Waals surface area contributed by atoms with Crippen molar-refractivity contribution in [2.75, 3.05) is 13.7 Å². The lowest BCUT2D eigenvalue weighted by Gasteiger charge is -2.21.